The van der Waals surface area contributed by atoms with Crippen molar-refractivity contribution in [2.24, 2.45) is 5.41 Å². The first-order valence-corrected chi connectivity index (χ1v) is 8.48. The molecular formula is C16H18ClN5O4. The van der Waals surface area contributed by atoms with Crippen LogP contribution in [0.3, 0.4) is 0 Å². The predicted octanol–water partition coefficient (Wildman–Crippen LogP) is 0.991. The second-order valence-corrected chi connectivity index (χ2v) is 6.56. The van der Waals surface area contributed by atoms with Gasteiger partial charge < -0.3 is 15.2 Å². The number of carboxylic acids is 1. The van der Waals surface area contributed by atoms with Gasteiger partial charge in [-0.1, -0.05) is 11.6 Å². The Hall–Kier alpha value is -2.52. The van der Waals surface area contributed by atoms with E-state index in [4.69, 9.17) is 16.3 Å². The number of halogens is 1. The lowest BCUT2D eigenvalue weighted by Gasteiger charge is -2.33. The molecule has 0 atom stereocenters. The van der Waals surface area contributed by atoms with Crippen molar-refractivity contribution in [1.82, 2.24) is 25.5 Å². The number of hydrogen-bond acceptors (Lipinski definition) is 6. The SMILES string of the molecule is O=C(Cn1nnc(-c2ccc(Cl)cc2)n1)NCC1(C(=O)O)CCOCC1. The predicted molar refractivity (Wildman–Crippen MR) is 91.4 cm³/mol. The van der Waals surface area contributed by atoms with Crippen LogP contribution < -0.4 is 5.32 Å². The Morgan fingerprint density at radius 2 is 1.96 bits per heavy atom. The summed E-state index contributed by atoms with van der Waals surface area (Å²) in [5.74, 6) is -0.928. The lowest BCUT2D eigenvalue weighted by molar-refractivity contribution is -0.154. The Morgan fingerprint density at radius 3 is 2.62 bits per heavy atom. The van der Waals surface area contributed by atoms with Crippen LogP contribution in [0.15, 0.2) is 24.3 Å². The van der Waals surface area contributed by atoms with Gasteiger partial charge in [-0.2, -0.15) is 4.80 Å². The van der Waals surface area contributed by atoms with Gasteiger partial charge in [0.25, 0.3) is 0 Å². The van der Waals surface area contributed by atoms with E-state index in [0.29, 0.717) is 36.9 Å². The minimum Gasteiger partial charge on any atom is -0.481 e. The second-order valence-electron chi connectivity index (χ2n) is 6.12. The number of rotatable bonds is 6. The van der Waals surface area contributed by atoms with Crippen LogP contribution in [0, 0.1) is 5.41 Å². The molecule has 2 aromatic rings. The molecule has 0 spiro atoms. The van der Waals surface area contributed by atoms with Crippen LogP contribution in [0.1, 0.15) is 12.8 Å². The quantitative estimate of drug-likeness (QED) is 0.768. The van der Waals surface area contributed by atoms with Crippen molar-refractivity contribution in [2.45, 2.75) is 19.4 Å². The topological polar surface area (TPSA) is 119 Å². The molecule has 0 saturated carbocycles. The van der Waals surface area contributed by atoms with Gasteiger partial charge in [0.05, 0.1) is 5.41 Å². The highest BCUT2D eigenvalue weighted by Gasteiger charge is 2.40. The molecule has 9 nitrogen and oxygen atoms in total. The molecule has 1 aliphatic rings. The molecule has 0 unspecified atom stereocenters. The third kappa shape index (κ3) is 4.17. The molecule has 1 amide bonds. The van der Waals surface area contributed by atoms with E-state index in [2.05, 4.69) is 20.7 Å². The van der Waals surface area contributed by atoms with Crippen molar-refractivity contribution in [2.75, 3.05) is 19.8 Å². The Morgan fingerprint density at radius 1 is 1.27 bits per heavy atom. The molecule has 0 radical (unpaired) electrons. The maximum atomic E-state index is 12.1. The van der Waals surface area contributed by atoms with E-state index in [-0.39, 0.29) is 19.0 Å². The van der Waals surface area contributed by atoms with Gasteiger partial charge in [0, 0.05) is 30.3 Å². The number of carbonyl (C=O) groups is 2. The first kappa shape index (κ1) is 18.3. The first-order valence-electron chi connectivity index (χ1n) is 8.10. The van der Waals surface area contributed by atoms with Crippen LogP contribution in [-0.2, 0) is 20.9 Å². The van der Waals surface area contributed by atoms with Crippen molar-refractivity contribution in [3.05, 3.63) is 29.3 Å². The largest absolute Gasteiger partial charge is 0.481 e. The van der Waals surface area contributed by atoms with Gasteiger partial charge in [-0.05, 0) is 42.3 Å². The smallest absolute Gasteiger partial charge is 0.311 e. The maximum Gasteiger partial charge on any atom is 0.311 e. The number of carboxylic acid groups (broad SMARTS) is 1. The molecule has 2 N–H and O–H groups in total. The highest BCUT2D eigenvalue weighted by Crippen LogP contribution is 2.30. The summed E-state index contributed by atoms with van der Waals surface area (Å²) in [7, 11) is 0. The Kier molecular flexibility index (Phi) is 5.48. The lowest BCUT2D eigenvalue weighted by Crippen LogP contribution is -2.47. The molecular weight excluding hydrogens is 362 g/mol. The monoisotopic (exact) mass is 379 g/mol. The molecule has 1 aromatic heterocycles. The van der Waals surface area contributed by atoms with E-state index in [1.807, 2.05) is 0 Å². The number of tetrazole rings is 1. The minimum absolute atomic E-state index is 0.0449. The Bertz CT molecular complexity index is 786. The molecule has 1 aromatic carbocycles. The zero-order valence-electron chi connectivity index (χ0n) is 13.9. The lowest BCUT2D eigenvalue weighted by atomic mass is 9.80. The standard InChI is InChI=1S/C16H18ClN5O4/c17-12-3-1-11(2-4-12)14-19-21-22(20-14)9-13(23)18-10-16(15(24)25)5-7-26-8-6-16/h1-4H,5-10H2,(H,18,23)(H,24,25). The number of hydrogen-bond donors (Lipinski definition) is 2. The number of carbonyl (C=O) groups excluding carboxylic acids is 1. The van der Waals surface area contributed by atoms with E-state index in [1.54, 1.807) is 24.3 Å². The number of ether oxygens (including phenoxy) is 1. The average molecular weight is 380 g/mol. The van der Waals surface area contributed by atoms with E-state index < -0.39 is 11.4 Å². The first-order chi connectivity index (χ1) is 12.5. The van der Waals surface area contributed by atoms with Gasteiger partial charge in [0.2, 0.25) is 11.7 Å². The fourth-order valence-electron chi connectivity index (χ4n) is 2.71. The maximum absolute atomic E-state index is 12.1. The zero-order chi connectivity index (χ0) is 18.6. The van der Waals surface area contributed by atoms with Gasteiger partial charge in [0.1, 0.15) is 6.54 Å². The van der Waals surface area contributed by atoms with Crippen molar-refractivity contribution >= 4 is 23.5 Å². The summed E-state index contributed by atoms with van der Waals surface area (Å²) in [5.41, 5.74) is -0.258. The number of aromatic nitrogens is 4. The highest BCUT2D eigenvalue weighted by atomic mass is 35.5. The molecule has 0 aliphatic carbocycles. The van der Waals surface area contributed by atoms with Gasteiger partial charge >= 0.3 is 5.97 Å². The molecule has 138 valence electrons. The summed E-state index contributed by atoms with van der Waals surface area (Å²) in [6.07, 6.45) is 0.732. The van der Waals surface area contributed by atoms with Gasteiger partial charge in [-0.25, -0.2) is 0 Å². The average Bonchev–Trinajstić information content (AvgIpc) is 3.09. The van der Waals surface area contributed by atoms with E-state index in [1.165, 1.54) is 0 Å². The zero-order valence-corrected chi connectivity index (χ0v) is 14.6. The second kappa shape index (κ2) is 7.79. The van der Waals surface area contributed by atoms with Gasteiger partial charge in [-0.15, -0.1) is 10.2 Å². The minimum atomic E-state index is -0.988. The number of benzene rings is 1. The van der Waals surface area contributed by atoms with E-state index >= 15 is 0 Å². The van der Waals surface area contributed by atoms with Crippen LogP contribution in [-0.4, -0.2) is 56.9 Å². The fourth-order valence-corrected chi connectivity index (χ4v) is 2.83. The molecule has 3 rings (SSSR count). The van der Waals surface area contributed by atoms with Crippen LogP contribution in [0.25, 0.3) is 11.4 Å². The van der Waals surface area contributed by atoms with Crippen LogP contribution >= 0.6 is 11.6 Å². The molecule has 1 aliphatic heterocycles. The highest BCUT2D eigenvalue weighted by molar-refractivity contribution is 6.30. The molecule has 1 fully saturated rings. The van der Waals surface area contributed by atoms with Crippen LogP contribution in [0.4, 0.5) is 0 Å². The normalized spacial score (nSPS) is 16.2. The van der Waals surface area contributed by atoms with Crippen molar-refractivity contribution in [3.8, 4) is 11.4 Å². The fraction of sp³-hybridized carbons (Fsp3) is 0.438. The third-order valence-corrected chi connectivity index (χ3v) is 4.62. The summed E-state index contributed by atoms with van der Waals surface area (Å²) in [5, 5.41) is 24.6. The Balaban J connectivity index is 1.58. The summed E-state index contributed by atoms with van der Waals surface area (Å²) >= 11 is 5.84. The summed E-state index contributed by atoms with van der Waals surface area (Å²) < 4.78 is 5.21. The molecule has 10 heteroatoms. The number of nitrogens with one attached hydrogen (secondary N) is 1. The van der Waals surface area contributed by atoms with E-state index in [9.17, 15) is 14.7 Å². The molecule has 26 heavy (non-hydrogen) atoms. The van der Waals surface area contributed by atoms with Gasteiger partial charge in [0.15, 0.2) is 0 Å². The van der Waals surface area contributed by atoms with Crippen LogP contribution in [0.5, 0.6) is 0 Å². The number of aliphatic carboxylic acids is 1. The molecule has 0 bridgehead atoms. The molecule has 1 saturated heterocycles. The Labute approximate surface area is 154 Å². The van der Waals surface area contributed by atoms with Crippen molar-refractivity contribution in [1.29, 1.82) is 0 Å². The van der Waals surface area contributed by atoms with Gasteiger partial charge in [-0.3, -0.25) is 9.59 Å². The van der Waals surface area contributed by atoms with Crippen LogP contribution in [0.2, 0.25) is 5.02 Å². The third-order valence-electron chi connectivity index (χ3n) is 4.37. The summed E-state index contributed by atoms with van der Waals surface area (Å²) in [6, 6.07) is 6.93. The molecule has 2 heterocycles. The van der Waals surface area contributed by atoms with Crippen molar-refractivity contribution in [3.63, 3.8) is 0 Å². The van der Waals surface area contributed by atoms with E-state index in [0.717, 1.165) is 10.4 Å². The van der Waals surface area contributed by atoms with Crippen molar-refractivity contribution < 1.29 is 19.4 Å². The summed E-state index contributed by atoms with van der Waals surface area (Å²) in [4.78, 5) is 24.9. The summed E-state index contributed by atoms with van der Waals surface area (Å²) in [6.45, 7) is 0.643. The number of nitrogens with zero attached hydrogens (tertiary/aromatic N) is 4. The number of amides is 1.